The normalized spacial score (nSPS) is 15.4. The third kappa shape index (κ3) is 4.39. The van der Waals surface area contributed by atoms with Crippen LogP contribution in [0.5, 0.6) is 11.5 Å². The molecule has 1 saturated carbocycles. The smallest absolute Gasteiger partial charge is 0.270 e. The number of aryl methyl sites for hydroxylation is 1. The number of hydrogen-bond acceptors (Lipinski definition) is 6. The van der Waals surface area contributed by atoms with E-state index in [0.717, 1.165) is 12.8 Å². The number of benzene rings is 2. The summed E-state index contributed by atoms with van der Waals surface area (Å²) in [5.74, 6) is -0.161. The molecule has 0 bridgehead atoms. The molecule has 0 aromatic heterocycles. The van der Waals surface area contributed by atoms with E-state index in [1.807, 2.05) is 0 Å². The van der Waals surface area contributed by atoms with Crippen LogP contribution in [-0.2, 0) is 10.0 Å². The van der Waals surface area contributed by atoms with Crippen LogP contribution >= 0.6 is 0 Å². The highest BCUT2D eigenvalue weighted by Gasteiger charge is 2.28. The lowest BCUT2D eigenvalue weighted by molar-refractivity contribution is 0.0845. The zero-order chi connectivity index (χ0) is 21.3. The summed E-state index contributed by atoms with van der Waals surface area (Å²) in [6.45, 7) is 2.52. The SMILES string of the molecule is Cc1ccc(S(=O)(=O)NC2CC2)cc1C(=O)NNC(=O)c1ccc2c(c1)OCCO2. The lowest BCUT2D eigenvalue weighted by Gasteiger charge is -2.18. The average Bonchev–Trinajstić information content (AvgIpc) is 3.54. The summed E-state index contributed by atoms with van der Waals surface area (Å²) in [5, 5.41) is 0. The van der Waals surface area contributed by atoms with Gasteiger partial charge in [-0.2, -0.15) is 0 Å². The summed E-state index contributed by atoms with van der Waals surface area (Å²) in [4.78, 5) is 24.9. The van der Waals surface area contributed by atoms with Gasteiger partial charge in [0.1, 0.15) is 13.2 Å². The first-order valence-electron chi connectivity index (χ1n) is 9.47. The minimum Gasteiger partial charge on any atom is -0.486 e. The van der Waals surface area contributed by atoms with Gasteiger partial charge in [0.05, 0.1) is 4.90 Å². The number of amides is 2. The van der Waals surface area contributed by atoms with Crippen molar-refractivity contribution in [2.45, 2.75) is 30.7 Å². The van der Waals surface area contributed by atoms with Gasteiger partial charge >= 0.3 is 0 Å². The van der Waals surface area contributed by atoms with Crippen molar-refractivity contribution in [2.75, 3.05) is 13.2 Å². The highest BCUT2D eigenvalue weighted by Crippen LogP contribution is 2.30. The number of nitrogens with one attached hydrogen (secondary N) is 3. The summed E-state index contributed by atoms with van der Waals surface area (Å²) in [7, 11) is -3.70. The van der Waals surface area contributed by atoms with Crippen LogP contribution in [0.1, 0.15) is 39.1 Å². The summed E-state index contributed by atoms with van der Waals surface area (Å²) in [6.07, 6.45) is 1.62. The predicted molar refractivity (Wildman–Crippen MR) is 107 cm³/mol. The fraction of sp³-hybridized carbons (Fsp3) is 0.300. The standard InChI is InChI=1S/C20H21N3O6S/c1-12-2-6-15(30(26,27)23-14-4-5-14)11-16(12)20(25)22-21-19(24)13-3-7-17-18(10-13)29-9-8-28-17/h2-3,6-7,10-11,14,23H,4-5,8-9H2,1H3,(H,21,24)(H,22,25). The van der Waals surface area contributed by atoms with E-state index in [4.69, 9.17) is 9.47 Å². The lowest BCUT2D eigenvalue weighted by Crippen LogP contribution is -2.42. The Bertz CT molecular complexity index is 1110. The number of carbonyl (C=O) groups is 2. The van der Waals surface area contributed by atoms with Crippen molar-refractivity contribution >= 4 is 21.8 Å². The van der Waals surface area contributed by atoms with Crippen molar-refractivity contribution in [1.82, 2.24) is 15.6 Å². The molecule has 9 nitrogen and oxygen atoms in total. The van der Waals surface area contributed by atoms with E-state index in [2.05, 4.69) is 15.6 Å². The molecule has 0 unspecified atom stereocenters. The van der Waals surface area contributed by atoms with Crippen LogP contribution < -0.4 is 25.0 Å². The van der Waals surface area contributed by atoms with E-state index in [0.29, 0.717) is 30.3 Å². The minimum absolute atomic E-state index is 0.00307. The molecule has 2 aromatic rings. The molecule has 1 aliphatic carbocycles. The number of ether oxygens (including phenoxy) is 2. The average molecular weight is 431 g/mol. The first-order valence-corrected chi connectivity index (χ1v) is 10.9. The van der Waals surface area contributed by atoms with Crippen LogP contribution in [0.4, 0.5) is 0 Å². The summed E-state index contributed by atoms with van der Waals surface area (Å²) >= 11 is 0. The van der Waals surface area contributed by atoms with Gasteiger partial charge < -0.3 is 9.47 Å². The van der Waals surface area contributed by atoms with Crippen molar-refractivity contribution < 1.29 is 27.5 Å². The number of rotatable bonds is 5. The quantitative estimate of drug-likeness (QED) is 0.613. The molecule has 1 fully saturated rings. The van der Waals surface area contributed by atoms with E-state index in [1.54, 1.807) is 25.1 Å². The Morgan fingerprint density at radius 1 is 0.933 bits per heavy atom. The molecule has 30 heavy (non-hydrogen) atoms. The van der Waals surface area contributed by atoms with E-state index < -0.39 is 21.8 Å². The Morgan fingerprint density at radius 3 is 2.37 bits per heavy atom. The Hall–Kier alpha value is -3.11. The zero-order valence-electron chi connectivity index (χ0n) is 16.2. The Morgan fingerprint density at radius 2 is 1.63 bits per heavy atom. The highest BCUT2D eigenvalue weighted by atomic mass is 32.2. The number of carbonyl (C=O) groups excluding carboxylic acids is 2. The van der Waals surface area contributed by atoms with Crippen LogP contribution in [0.15, 0.2) is 41.3 Å². The molecule has 0 spiro atoms. The van der Waals surface area contributed by atoms with E-state index in [-0.39, 0.29) is 22.1 Å². The molecule has 2 aromatic carbocycles. The third-order valence-corrected chi connectivity index (χ3v) is 6.28. The molecular weight excluding hydrogens is 410 g/mol. The second-order valence-electron chi connectivity index (χ2n) is 7.14. The van der Waals surface area contributed by atoms with Crippen LogP contribution in [0.3, 0.4) is 0 Å². The Labute approximate surface area is 173 Å². The molecular formula is C20H21N3O6S. The monoisotopic (exact) mass is 431 g/mol. The Balaban J connectivity index is 1.44. The summed E-state index contributed by atoms with van der Waals surface area (Å²) < 4.78 is 38.2. The van der Waals surface area contributed by atoms with Crippen molar-refractivity contribution in [1.29, 1.82) is 0 Å². The van der Waals surface area contributed by atoms with Crippen LogP contribution in [-0.4, -0.2) is 39.5 Å². The largest absolute Gasteiger partial charge is 0.486 e. The number of hydrogen-bond donors (Lipinski definition) is 3. The first kappa shape index (κ1) is 20.2. The van der Waals surface area contributed by atoms with Gasteiger partial charge in [-0.25, -0.2) is 13.1 Å². The second-order valence-corrected chi connectivity index (χ2v) is 8.85. The molecule has 10 heteroatoms. The van der Waals surface area contributed by atoms with E-state index >= 15 is 0 Å². The molecule has 0 saturated heterocycles. The van der Waals surface area contributed by atoms with Crippen molar-refractivity contribution in [2.24, 2.45) is 0 Å². The number of sulfonamides is 1. The summed E-state index contributed by atoms with van der Waals surface area (Å²) in [6, 6.07) is 8.96. The second kappa shape index (κ2) is 7.96. The number of fused-ring (bicyclic) bond motifs is 1. The van der Waals surface area contributed by atoms with Crippen LogP contribution in [0.25, 0.3) is 0 Å². The van der Waals surface area contributed by atoms with Crippen molar-refractivity contribution in [3.05, 3.63) is 53.1 Å². The first-order chi connectivity index (χ1) is 14.3. The molecule has 2 amide bonds. The predicted octanol–water partition coefficient (Wildman–Crippen LogP) is 1.28. The van der Waals surface area contributed by atoms with E-state index in [9.17, 15) is 18.0 Å². The molecule has 2 aliphatic rings. The molecule has 158 valence electrons. The maximum absolute atomic E-state index is 12.6. The van der Waals surface area contributed by atoms with Gasteiger partial charge in [0.2, 0.25) is 10.0 Å². The minimum atomic E-state index is -3.70. The maximum atomic E-state index is 12.6. The number of hydrazine groups is 1. The Kier molecular flexibility index (Phi) is 5.35. The fourth-order valence-electron chi connectivity index (χ4n) is 2.94. The van der Waals surface area contributed by atoms with Gasteiger partial charge in [0, 0.05) is 17.2 Å². The third-order valence-electron chi connectivity index (χ3n) is 4.76. The fourth-order valence-corrected chi connectivity index (χ4v) is 4.27. The van der Waals surface area contributed by atoms with Crippen LogP contribution in [0, 0.1) is 6.92 Å². The molecule has 1 heterocycles. The topological polar surface area (TPSA) is 123 Å². The van der Waals surface area contributed by atoms with Gasteiger partial charge in [-0.1, -0.05) is 6.07 Å². The molecule has 4 rings (SSSR count). The zero-order valence-corrected chi connectivity index (χ0v) is 17.0. The van der Waals surface area contributed by atoms with Gasteiger partial charge in [-0.3, -0.25) is 20.4 Å². The molecule has 0 radical (unpaired) electrons. The van der Waals surface area contributed by atoms with Gasteiger partial charge in [0.25, 0.3) is 11.8 Å². The lowest BCUT2D eigenvalue weighted by atomic mass is 10.1. The van der Waals surface area contributed by atoms with Gasteiger partial charge in [-0.15, -0.1) is 0 Å². The highest BCUT2D eigenvalue weighted by molar-refractivity contribution is 7.89. The van der Waals surface area contributed by atoms with Crippen molar-refractivity contribution in [3.8, 4) is 11.5 Å². The maximum Gasteiger partial charge on any atom is 0.270 e. The van der Waals surface area contributed by atoms with Gasteiger partial charge in [0.15, 0.2) is 11.5 Å². The van der Waals surface area contributed by atoms with Gasteiger partial charge in [-0.05, 0) is 55.7 Å². The van der Waals surface area contributed by atoms with Crippen molar-refractivity contribution in [3.63, 3.8) is 0 Å². The van der Waals surface area contributed by atoms with Crippen LogP contribution in [0.2, 0.25) is 0 Å². The molecule has 3 N–H and O–H groups in total. The summed E-state index contributed by atoms with van der Waals surface area (Å²) in [5.41, 5.74) is 5.66. The molecule has 1 aliphatic heterocycles. The van der Waals surface area contributed by atoms with E-state index in [1.165, 1.54) is 18.2 Å². The molecule has 0 atom stereocenters.